The molecule has 7 nitrogen and oxygen atoms in total. The van der Waals surface area contributed by atoms with E-state index in [0.29, 0.717) is 5.69 Å². The summed E-state index contributed by atoms with van der Waals surface area (Å²) in [6, 6.07) is 6.20. The molecule has 0 saturated carbocycles. The number of nitrogens with zero attached hydrogens (tertiary/aromatic N) is 1. The highest BCUT2D eigenvalue weighted by molar-refractivity contribution is 6.42. The molecule has 0 atom stereocenters. The van der Waals surface area contributed by atoms with Crippen molar-refractivity contribution in [3.8, 4) is 0 Å². The molecule has 0 amide bonds. The lowest BCUT2D eigenvalue weighted by Crippen LogP contribution is -2.28. The van der Waals surface area contributed by atoms with Crippen LogP contribution in [-0.4, -0.2) is 40.1 Å². The molecular formula is C14H18N2O5. The summed E-state index contributed by atoms with van der Waals surface area (Å²) in [5.74, 6) is -1.77. The average Bonchev–Trinajstić information content (AvgIpc) is 2.35. The number of benzene rings is 1. The average molecular weight is 294 g/mol. The van der Waals surface area contributed by atoms with Crippen LogP contribution in [0.15, 0.2) is 29.4 Å². The second-order valence-electron chi connectivity index (χ2n) is 5.27. The number of nitrogens with one attached hydrogen (secondary N) is 1. The number of anilines is 1. The first-order valence-electron chi connectivity index (χ1n) is 6.24. The van der Waals surface area contributed by atoms with E-state index < -0.39 is 23.3 Å². The van der Waals surface area contributed by atoms with E-state index >= 15 is 0 Å². The topological polar surface area (TPSA) is 108 Å². The molecule has 0 aromatic heterocycles. The molecule has 0 unspecified atom stereocenters. The number of esters is 1. The molecule has 0 spiro atoms. The summed E-state index contributed by atoms with van der Waals surface area (Å²) in [7, 11) is 0. The van der Waals surface area contributed by atoms with Crippen LogP contribution in [-0.2, 0) is 14.3 Å². The third kappa shape index (κ3) is 5.52. The van der Waals surface area contributed by atoms with Crippen LogP contribution in [0.2, 0.25) is 0 Å². The zero-order chi connectivity index (χ0) is 16.0. The highest BCUT2D eigenvalue weighted by atomic mass is 16.6. The summed E-state index contributed by atoms with van der Waals surface area (Å²) < 4.78 is 5.14. The second-order valence-corrected chi connectivity index (χ2v) is 5.27. The van der Waals surface area contributed by atoms with Gasteiger partial charge in [0.05, 0.1) is 0 Å². The fourth-order valence-corrected chi connectivity index (χ4v) is 1.55. The minimum Gasteiger partial charge on any atom is -0.476 e. The minimum absolute atomic E-state index is 0.0562. The van der Waals surface area contributed by atoms with Crippen molar-refractivity contribution in [3.63, 3.8) is 0 Å². The van der Waals surface area contributed by atoms with Crippen molar-refractivity contribution in [1.29, 1.82) is 0 Å². The van der Waals surface area contributed by atoms with E-state index in [4.69, 9.17) is 15.1 Å². The maximum Gasteiger partial charge on any atom is 0.358 e. The second kappa shape index (κ2) is 6.74. The first-order chi connectivity index (χ1) is 9.73. The van der Waals surface area contributed by atoms with Crippen LogP contribution in [0, 0.1) is 0 Å². The normalized spacial score (nSPS) is 11.9. The van der Waals surface area contributed by atoms with Crippen LogP contribution in [0.25, 0.3) is 0 Å². The van der Waals surface area contributed by atoms with E-state index in [-0.39, 0.29) is 12.1 Å². The summed E-state index contributed by atoms with van der Waals surface area (Å²) in [5, 5.41) is 23.1. The number of hydrogen-bond acceptors (Lipinski definition) is 6. The molecule has 7 heteroatoms. The van der Waals surface area contributed by atoms with Gasteiger partial charge in [0.25, 0.3) is 0 Å². The standard InChI is InChI=1S/C14H18N2O5/c1-14(2,3)21-11(17)8-15-10-6-4-5-9(7-10)12(16-20)13(18)19/h4-7,15,20H,8H2,1-3H3,(H,18,19). The zero-order valence-corrected chi connectivity index (χ0v) is 12.1. The minimum atomic E-state index is -1.35. The SMILES string of the molecule is CC(C)(C)OC(=O)CNc1cccc(C(=NO)C(=O)O)c1. The molecule has 0 bridgehead atoms. The van der Waals surface area contributed by atoms with Crippen LogP contribution in [0.5, 0.6) is 0 Å². The quantitative estimate of drug-likeness (QED) is 0.330. The lowest BCUT2D eigenvalue weighted by Gasteiger charge is -2.19. The molecule has 0 aliphatic carbocycles. The van der Waals surface area contributed by atoms with E-state index in [2.05, 4.69) is 10.5 Å². The van der Waals surface area contributed by atoms with Gasteiger partial charge in [-0.1, -0.05) is 17.3 Å². The fourth-order valence-electron chi connectivity index (χ4n) is 1.55. The van der Waals surface area contributed by atoms with Crippen molar-refractivity contribution in [2.75, 3.05) is 11.9 Å². The third-order valence-electron chi connectivity index (χ3n) is 2.30. The van der Waals surface area contributed by atoms with Crippen molar-refractivity contribution in [2.45, 2.75) is 26.4 Å². The molecule has 1 aromatic carbocycles. The molecule has 0 saturated heterocycles. The third-order valence-corrected chi connectivity index (χ3v) is 2.30. The Labute approximate surface area is 122 Å². The molecule has 0 heterocycles. The Morgan fingerprint density at radius 1 is 1.33 bits per heavy atom. The van der Waals surface area contributed by atoms with E-state index in [1.165, 1.54) is 12.1 Å². The number of rotatable bonds is 5. The van der Waals surface area contributed by atoms with Crippen LogP contribution in [0.3, 0.4) is 0 Å². The molecule has 1 rings (SSSR count). The number of ether oxygens (including phenoxy) is 1. The Morgan fingerprint density at radius 2 is 2.00 bits per heavy atom. The van der Waals surface area contributed by atoms with Crippen molar-refractivity contribution in [1.82, 2.24) is 0 Å². The van der Waals surface area contributed by atoms with E-state index in [1.807, 2.05) is 0 Å². The van der Waals surface area contributed by atoms with E-state index in [0.717, 1.165) is 0 Å². The number of carbonyl (C=O) groups excluding carboxylic acids is 1. The molecule has 1 aromatic rings. The number of carboxylic acid groups (broad SMARTS) is 1. The monoisotopic (exact) mass is 294 g/mol. The van der Waals surface area contributed by atoms with Crippen molar-refractivity contribution in [3.05, 3.63) is 29.8 Å². The number of hydrogen-bond donors (Lipinski definition) is 3. The van der Waals surface area contributed by atoms with Crippen LogP contribution in [0.4, 0.5) is 5.69 Å². The van der Waals surface area contributed by atoms with Gasteiger partial charge in [-0.3, -0.25) is 4.79 Å². The molecule has 114 valence electrons. The first kappa shape index (κ1) is 16.5. The highest BCUT2D eigenvalue weighted by Gasteiger charge is 2.16. The number of oxime groups is 1. The Balaban J connectivity index is 2.74. The molecule has 0 aliphatic heterocycles. The molecule has 0 fully saturated rings. The van der Waals surface area contributed by atoms with E-state index in [1.54, 1.807) is 32.9 Å². The van der Waals surface area contributed by atoms with Gasteiger partial charge in [-0.05, 0) is 32.9 Å². The Hall–Kier alpha value is -2.57. The summed E-state index contributed by atoms with van der Waals surface area (Å²) in [6.07, 6.45) is 0. The molecule has 21 heavy (non-hydrogen) atoms. The molecular weight excluding hydrogens is 276 g/mol. The van der Waals surface area contributed by atoms with E-state index in [9.17, 15) is 9.59 Å². The maximum atomic E-state index is 11.6. The van der Waals surface area contributed by atoms with Gasteiger partial charge in [0.15, 0.2) is 5.71 Å². The van der Waals surface area contributed by atoms with Crippen molar-refractivity contribution < 1.29 is 24.6 Å². The number of aliphatic carboxylic acids is 1. The smallest absolute Gasteiger partial charge is 0.358 e. The Morgan fingerprint density at radius 3 is 2.52 bits per heavy atom. The number of carboxylic acids is 1. The fraction of sp³-hybridized carbons (Fsp3) is 0.357. The lowest BCUT2D eigenvalue weighted by atomic mass is 10.1. The van der Waals surface area contributed by atoms with Crippen LogP contribution >= 0.6 is 0 Å². The highest BCUT2D eigenvalue weighted by Crippen LogP contribution is 2.12. The van der Waals surface area contributed by atoms with Crippen LogP contribution in [0.1, 0.15) is 26.3 Å². The van der Waals surface area contributed by atoms with Gasteiger partial charge in [-0.25, -0.2) is 4.79 Å². The van der Waals surface area contributed by atoms with Crippen molar-refractivity contribution in [2.24, 2.45) is 5.16 Å². The predicted molar refractivity (Wildman–Crippen MR) is 76.7 cm³/mol. The van der Waals surface area contributed by atoms with Gasteiger partial charge in [-0.2, -0.15) is 0 Å². The lowest BCUT2D eigenvalue weighted by molar-refractivity contribution is -0.152. The summed E-state index contributed by atoms with van der Waals surface area (Å²) >= 11 is 0. The van der Waals surface area contributed by atoms with Gasteiger partial charge in [-0.15, -0.1) is 0 Å². The summed E-state index contributed by atoms with van der Waals surface area (Å²) in [5.41, 5.74) is -0.309. The van der Waals surface area contributed by atoms with Gasteiger partial charge in [0.2, 0.25) is 0 Å². The molecule has 0 aliphatic rings. The summed E-state index contributed by atoms with van der Waals surface area (Å²) in [4.78, 5) is 22.5. The Bertz CT molecular complexity index is 561. The summed E-state index contributed by atoms with van der Waals surface area (Å²) in [6.45, 7) is 5.24. The van der Waals surface area contributed by atoms with Gasteiger partial charge in [0, 0.05) is 11.3 Å². The Kier molecular flexibility index (Phi) is 5.29. The first-order valence-corrected chi connectivity index (χ1v) is 6.24. The van der Waals surface area contributed by atoms with Crippen LogP contribution < -0.4 is 5.32 Å². The molecule has 3 N–H and O–H groups in total. The maximum absolute atomic E-state index is 11.6. The molecule has 0 radical (unpaired) electrons. The van der Waals surface area contributed by atoms with Gasteiger partial charge in [0.1, 0.15) is 12.1 Å². The number of carbonyl (C=O) groups is 2. The largest absolute Gasteiger partial charge is 0.476 e. The van der Waals surface area contributed by atoms with Gasteiger partial charge >= 0.3 is 11.9 Å². The zero-order valence-electron chi connectivity index (χ0n) is 12.1. The van der Waals surface area contributed by atoms with Crippen molar-refractivity contribution >= 4 is 23.3 Å². The van der Waals surface area contributed by atoms with Gasteiger partial charge < -0.3 is 20.4 Å². The predicted octanol–water partition coefficient (Wildman–Crippen LogP) is 1.70.